The summed E-state index contributed by atoms with van der Waals surface area (Å²) in [5, 5.41) is 3.54. The summed E-state index contributed by atoms with van der Waals surface area (Å²) in [5.41, 5.74) is 1.24. The summed E-state index contributed by atoms with van der Waals surface area (Å²) >= 11 is 0. The van der Waals surface area contributed by atoms with E-state index in [9.17, 15) is 0 Å². The fourth-order valence-corrected chi connectivity index (χ4v) is 4.26. The molecule has 1 aromatic heterocycles. The van der Waals surface area contributed by atoms with Crippen molar-refractivity contribution in [1.82, 2.24) is 15.2 Å². The average molecular weight is 408 g/mol. The molecular formula is C24H33N5O. The minimum Gasteiger partial charge on any atom is -0.490 e. The SMILES string of the molecule is CN=C(NCc1ccnc(N2CCCCC2)c1)N1CCC(Oc2ccccc2)CC1. The maximum Gasteiger partial charge on any atom is 0.193 e. The van der Waals surface area contributed by atoms with Crippen LogP contribution < -0.4 is 15.0 Å². The highest BCUT2D eigenvalue weighted by Crippen LogP contribution is 2.20. The van der Waals surface area contributed by atoms with Crippen LogP contribution in [0.3, 0.4) is 0 Å². The lowest BCUT2D eigenvalue weighted by Crippen LogP contribution is -2.47. The number of aromatic nitrogens is 1. The van der Waals surface area contributed by atoms with Gasteiger partial charge < -0.3 is 19.9 Å². The van der Waals surface area contributed by atoms with Gasteiger partial charge in [0.25, 0.3) is 0 Å². The standard InChI is InChI=1S/C24H33N5O/c1-25-24(29-16-11-22(12-17-29)30-21-8-4-2-5-9-21)27-19-20-10-13-26-23(18-20)28-14-6-3-7-15-28/h2,4-5,8-10,13,18,22H,3,6-7,11-12,14-17,19H2,1H3,(H,25,27). The van der Waals surface area contributed by atoms with E-state index in [4.69, 9.17) is 4.74 Å². The third kappa shape index (κ3) is 5.43. The van der Waals surface area contributed by atoms with Crippen molar-refractivity contribution in [2.45, 2.75) is 44.8 Å². The highest BCUT2D eigenvalue weighted by atomic mass is 16.5. The van der Waals surface area contributed by atoms with Gasteiger partial charge in [-0.05, 0) is 49.1 Å². The number of nitrogens with one attached hydrogen (secondary N) is 1. The van der Waals surface area contributed by atoms with Crippen molar-refractivity contribution in [2.24, 2.45) is 4.99 Å². The number of aliphatic imine (C=N–C) groups is 1. The van der Waals surface area contributed by atoms with E-state index in [1.807, 2.05) is 43.6 Å². The van der Waals surface area contributed by atoms with Crippen LogP contribution in [0.2, 0.25) is 0 Å². The van der Waals surface area contributed by atoms with Crippen LogP contribution in [-0.4, -0.2) is 55.2 Å². The molecule has 0 aliphatic carbocycles. The van der Waals surface area contributed by atoms with E-state index in [1.54, 1.807) is 0 Å². The molecule has 160 valence electrons. The number of hydrogen-bond acceptors (Lipinski definition) is 4. The molecule has 3 heterocycles. The normalized spacial score (nSPS) is 18.4. The smallest absolute Gasteiger partial charge is 0.193 e. The van der Waals surface area contributed by atoms with Crippen LogP contribution in [-0.2, 0) is 6.54 Å². The molecule has 0 atom stereocenters. The van der Waals surface area contributed by atoms with E-state index in [0.29, 0.717) is 0 Å². The van der Waals surface area contributed by atoms with Gasteiger partial charge >= 0.3 is 0 Å². The quantitative estimate of drug-likeness (QED) is 0.605. The molecular weight excluding hydrogens is 374 g/mol. The molecule has 0 radical (unpaired) electrons. The first-order chi connectivity index (χ1) is 14.8. The first-order valence-electron chi connectivity index (χ1n) is 11.2. The molecule has 4 rings (SSSR count). The molecule has 2 aliphatic rings. The van der Waals surface area contributed by atoms with Gasteiger partial charge in [0.15, 0.2) is 5.96 Å². The second-order valence-electron chi connectivity index (χ2n) is 8.09. The Morgan fingerprint density at radius 2 is 1.83 bits per heavy atom. The van der Waals surface area contributed by atoms with Gasteiger partial charge in [-0.15, -0.1) is 0 Å². The number of rotatable bonds is 5. The number of pyridine rings is 1. The Morgan fingerprint density at radius 3 is 2.57 bits per heavy atom. The largest absolute Gasteiger partial charge is 0.490 e. The maximum absolute atomic E-state index is 6.12. The van der Waals surface area contributed by atoms with E-state index >= 15 is 0 Å². The van der Waals surface area contributed by atoms with Gasteiger partial charge in [-0.1, -0.05) is 18.2 Å². The lowest BCUT2D eigenvalue weighted by atomic mass is 10.1. The number of para-hydroxylation sites is 1. The Bertz CT molecular complexity index is 811. The molecule has 1 N–H and O–H groups in total. The zero-order valence-corrected chi connectivity index (χ0v) is 18.0. The average Bonchev–Trinajstić information content (AvgIpc) is 2.82. The number of piperidine rings is 2. The Morgan fingerprint density at radius 1 is 1.07 bits per heavy atom. The predicted molar refractivity (Wildman–Crippen MR) is 122 cm³/mol. The molecule has 0 unspecified atom stereocenters. The van der Waals surface area contributed by atoms with E-state index in [-0.39, 0.29) is 6.10 Å². The van der Waals surface area contributed by atoms with Gasteiger partial charge in [-0.2, -0.15) is 0 Å². The Hall–Kier alpha value is -2.76. The Balaban J connectivity index is 1.27. The molecule has 1 aromatic carbocycles. The van der Waals surface area contributed by atoms with E-state index in [2.05, 4.69) is 37.2 Å². The van der Waals surface area contributed by atoms with Crippen LogP contribution in [0.15, 0.2) is 53.7 Å². The van der Waals surface area contributed by atoms with Crippen molar-refractivity contribution < 1.29 is 4.74 Å². The van der Waals surface area contributed by atoms with Crippen molar-refractivity contribution in [3.8, 4) is 5.75 Å². The number of ether oxygens (including phenoxy) is 1. The van der Waals surface area contributed by atoms with Gasteiger partial charge in [0.05, 0.1) is 0 Å². The van der Waals surface area contributed by atoms with Gasteiger partial charge in [0.1, 0.15) is 17.7 Å². The monoisotopic (exact) mass is 407 g/mol. The summed E-state index contributed by atoms with van der Waals surface area (Å²) in [6, 6.07) is 14.4. The van der Waals surface area contributed by atoms with Crippen molar-refractivity contribution in [2.75, 3.05) is 38.1 Å². The van der Waals surface area contributed by atoms with Gasteiger partial charge in [0.2, 0.25) is 0 Å². The fourth-order valence-electron chi connectivity index (χ4n) is 4.26. The Labute approximate surface area is 180 Å². The second-order valence-corrected chi connectivity index (χ2v) is 8.09. The van der Waals surface area contributed by atoms with Gasteiger partial charge in [-0.3, -0.25) is 4.99 Å². The first kappa shape index (κ1) is 20.5. The van der Waals surface area contributed by atoms with Crippen LogP contribution in [0, 0.1) is 0 Å². The lowest BCUT2D eigenvalue weighted by Gasteiger charge is -2.34. The molecule has 30 heavy (non-hydrogen) atoms. The molecule has 2 fully saturated rings. The molecule has 0 amide bonds. The van der Waals surface area contributed by atoms with Crippen molar-refractivity contribution in [3.05, 3.63) is 54.2 Å². The summed E-state index contributed by atoms with van der Waals surface area (Å²) in [6.07, 6.45) is 8.07. The molecule has 0 spiro atoms. The molecule has 6 heteroatoms. The summed E-state index contributed by atoms with van der Waals surface area (Å²) in [7, 11) is 1.86. The minimum atomic E-state index is 0.272. The minimum absolute atomic E-state index is 0.272. The fraction of sp³-hybridized carbons (Fsp3) is 0.500. The zero-order chi connectivity index (χ0) is 20.6. The number of guanidine groups is 1. The first-order valence-corrected chi connectivity index (χ1v) is 11.2. The molecule has 0 bridgehead atoms. The van der Waals surface area contributed by atoms with E-state index in [1.165, 1.54) is 24.8 Å². The summed E-state index contributed by atoms with van der Waals surface area (Å²) in [6.45, 7) is 4.90. The maximum atomic E-state index is 6.12. The third-order valence-electron chi connectivity index (χ3n) is 5.94. The Kier molecular flexibility index (Phi) is 7.06. The van der Waals surface area contributed by atoms with Crippen LogP contribution in [0.4, 0.5) is 5.82 Å². The van der Waals surface area contributed by atoms with Gasteiger partial charge in [-0.25, -0.2) is 4.98 Å². The number of benzene rings is 1. The van der Waals surface area contributed by atoms with Crippen LogP contribution >= 0.6 is 0 Å². The summed E-state index contributed by atoms with van der Waals surface area (Å²) < 4.78 is 6.12. The molecule has 2 aliphatic heterocycles. The topological polar surface area (TPSA) is 53.0 Å². The number of nitrogens with zero attached hydrogens (tertiary/aromatic N) is 4. The zero-order valence-electron chi connectivity index (χ0n) is 18.0. The summed E-state index contributed by atoms with van der Waals surface area (Å²) in [4.78, 5) is 13.8. The van der Waals surface area contributed by atoms with Gasteiger partial charge in [0, 0.05) is 58.8 Å². The lowest BCUT2D eigenvalue weighted by molar-refractivity contribution is 0.129. The van der Waals surface area contributed by atoms with Crippen LogP contribution in [0.5, 0.6) is 5.75 Å². The predicted octanol–water partition coefficient (Wildman–Crippen LogP) is 3.69. The van der Waals surface area contributed by atoms with E-state index < -0.39 is 0 Å². The molecule has 0 saturated carbocycles. The third-order valence-corrected chi connectivity index (χ3v) is 5.94. The number of anilines is 1. The highest BCUT2D eigenvalue weighted by Gasteiger charge is 2.22. The number of hydrogen-bond donors (Lipinski definition) is 1. The molecule has 6 nitrogen and oxygen atoms in total. The van der Waals surface area contributed by atoms with Crippen LogP contribution in [0.1, 0.15) is 37.7 Å². The highest BCUT2D eigenvalue weighted by molar-refractivity contribution is 5.80. The molecule has 2 aromatic rings. The van der Waals surface area contributed by atoms with E-state index in [0.717, 1.165) is 63.1 Å². The summed E-state index contributed by atoms with van der Waals surface area (Å²) in [5.74, 6) is 3.02. The molecule has 2 saturated heterocycles. The van der Waals surface area contributed by atoms with Crippen molar-refractivity contribution in [1.29, 1.82) is 0 Å². The van der Waals surface area contributed by atoms with Crippen molar-refractivity contribution >= 4 is 11.8 Å². The van der Waals surface area contributed by atoms with Crippen LogP contribution in [0.25, 0.3) is 0 Å². The van der Waals surface area contributed by atoms with Crippen molar-refractivity contribution in [3.63, 3.8) is 0 Å². The number of likely N-dealkylation sites (tertiary alicyclic amines) is 1. The second kappa shape index (κ2) is 10.3.